The lowest BCUT2D eigenvalue weighted by molar-refractivity contribution is 0.467. The van der Waals surface area contributed by atoms with Crippen LogP contribution in [-0.2, 0) is 10.8 Å². The van der Waals surface area contributed by atoms with Gasteiger partial charge in [-0.1, -0.05) is 40.0 Å². The van der Waals surface area contributed by atoms with E-state index in [1.165, 1.54) is 25.7 Å². The Hall–Kier alpha value is 0.110. The molecule has 96 valence electrons. The number of rotatable bonds is 4. The standard InChI is InChI=1S/C13H27NOS/c1-10(2)11(3)16(15)13-8-6-4-5-7-12(13)9-14/h10-13H,4-9,14H2,1-3H3. The Labute approximate surface area is 103 Å². The first-order chi connectivity index (χ1) is 7.57. The molecule has 1 aliphatic carbocycles. The number of nitrogens with two attached hydrogens (primary N) is 1. The van der Waals surface area contributed by atoms with Crippen molar-refractivity contribution in [3.05, 3.63) is 0 Å². The van der Waals surface area contributed by atoms with Gasteiger partial charge in [-0.25, -0.2) is 0 Å². The molecule has 4 atom stereocenters. The fourth-order valence-electron chi connectivity index (χ4n) is 2.47. The Balaban J connectivity index is 2.69. The summed E-state index contributed by atoms with van der Waals surface area (Å²) < 4.78 is 12.5. The second-order valence-corrected chi connectivity index (χ2v) is 7.46. The van der Waals surface area contributed by atoms with E-state index in [0.717, 1.165) is 6.42 Å². The van der Waals surface area contributed by atoms with Crippen LogP contribution in [0.4, 0.5) is 0 Å². The van der Waals surface area contributed by atoms with Gasteiger partial charge in [-0.15, -0.1) is 0 Å². The highest BCUT2D eigenvalue weighted by atomic mass is 32.2. The summed E-state index contributed by atoms with van der Waals surface area (Å²) in [6, 6.07) is 0. The van der Waals surface area contributed by atoms with Crippen molar-refractivity contribution in [2.24, 2.45) is 17.6 Å². The van der Waals surface area contributed by atoms with E-state index >= 15 is 0 Å². The van der Waals surface area contributed by atoms with E-state index in [4.69, 9.17) is 5.73 Å². The maximum atomic E-state index is 12.5. The van der Waals surface area contributed by atoms with Gasteiger partial charge < -0.3 is 5.73 Å². The Morgan fingerprint density at radius 3 is 2.38 bits per heavy atom. The average molecular weight is 245 g/mol. The van der Waals surface area contributed by atoms with E-state index in [-0.39, 0.29) is 0 Å². The van der Waals surface area contributed by atoms with Gasteiger partial charge in [0.2, 0.25) is 0 Å². The number of hydrogen-bond acceptors (Lipinski definition) is 2. The fraction of sp³-hybridized carbons (Fsp3) is 1.00. The molecule has 0 aromatic carbocycles. The second kappa shape index (κ2) is 6.75. The SMILES string of the molecule is CC(C)C(C)S(=O)C1CCCCCC1CN. The topological polar surface area (TPSA) is 43.1 Å². The summed E-state index contributed by atoms with van der Waals surface area (Å²) in [5, 5.41) is 0.655. The summed E-state index contributed by atoms with van der Waals surface area (Å²) in [5.41, 5.74) is 5.84. The van der Waals surface area contributed by atoms with Crippen LogP contribution >= 0.6 is 0 Å². The third kappa shape index (κ3) is 3.56. The van der Waals surface area contributed by atoms with Crippen LogP contribution in [0.5, 0.6) is 0 Å². The molecule has 2 N–H and O–H groups in total. The minimum absolute atomic E-state index is 0.303. The van der Waals surface area contributed by atoms with Crippen molar-refractivity contribution in [3.63, 3.8) is 0 Å². The smallest absolute Gasteiger partial charge is 0.0391 e. The highest BCUT2D eigenvalue weighted by Gasteiger charge is 2.31. The molecule has 0 aromatic rings. The molecular formula is C13H27NOS. The zero-order valence-corrected chi connectivity index (χ0v) is 11.8. The van der Waals surface area contributed by atoms with E-state index < -0.39 is 10.8 Å². The van der Waals surface area contributed by atoms with Gasteiger partial charge in [-0.05, 0) is 31.2 Å². The van der Waals surface area contributed by atoms with Gasteiger partial charge in [0.25, 0.3) is 0 Å². The molecule has 1 rings (SSSR count). The molecule has 2 nitrogen and oxygen atoms in total. The normalized spacial score (nSPS) is 31.1. The molecule has 0 aromatic heterocycles. The zero-order chi connectivity index (χ0) is 12.1. The van der Waals surface area contributed by atoms with Crippen molar-refractivity contribution in [2.75, 3.05) is 6.54 Å². The van der Waals surface area contributed by atoms with E-state index in [0.29, 0.717) is 28.9 Å². The minimum atomic E-state index is -0.702. The molecule has 0 spiro atoms. The van der Waals surface area contributed by atoms with Gasteiger partial charge in [0.15, 0.2) is 0 Å². The summed E-state index contributed by atoms with van der Waals surface area (Å²) in [4.78, 5) is 0. The van der Waals surface area contributed by atoms with Crippen LogP contribution in [0.25, 0.3) is 0 Å². The van der Waals surface area contributed by atoms with Gasteiger partial charge in [0.1, 0.15) is 0 Å². The highest BCUT2D eigenvalue weighted by Crippen LogP contribution is 2.29. The summed E-state index contributed by atoms with van der Waals surface area (Å²) in [7, 11) is -0.702. The van der Waals surface area contributed by atoms with E-state index in [2.05, 4.69) is 20.8 Å². The minimum Gasteiger partial charge on any atom is -0.330 e. The molecule has 0 radical (unpaired) electrons. The fourth-order valence-corrected chi connectivity index (χ4v) is 4.58. The molecular weight excluding hydrogens is 218 g/mol. The molecule has 4 unspecified atom stereocenters. The summed E-state index contributed by atoms with van der Waals surface area (Å²) >= 11 is 0. The Bertz CT molecular complexity index is 230. The van der Waals surface area contributed by atoms with E-state index in [1.54, 1.807) is 0 Å². The van der Waals surface area contributed by atoms with Gasteiger partial charge in [0.05, 0.1) is 0 Å². The summed E-state index contributed by atoms with van der Waals surface area (Å²) in [5.74, 6) is 0.993. The lowest BCUT2D eigenvalue weighted by Gasteiger charge is -2.27. The molecule has 0 bridgehead atoms. The van der Waals surface area contributed by atoms with Gasteiger partial charge in [-0.3, -0.25) is 4.21 Å². The van der Waals surface area contributed by atoms with Gasteiger partial charge in [-0.2, -0.15) is 0 Å². The van der Waals surface area contributed by atoms with Crippen LogP contribution in [-0.4, -0.2) is 21.3 Å². The van der Waals surface area contributed by atoms with Crippen molar-refractivity contribution in [3.8, 4) is 0 Å². The van der Waals surface area contributed by atoms with Crippen molar-refractivity contribution in [1.82, 2.24) is 0 Å². The Morgan fingerprint density at radius 1 is 1.19 bits per heavy atom. The third-order valence-corrected chi connectivity index (χ3v) is 6.49. The van der Waals surface area contributed by atoms with Crippen LogP contribution in [0, 0.1) is 11.8 Å². The maximum Gasteiger partial charge on any atom is 0.0391 e. The van der Waals surface area contributed by atoms with Crippen molar-refractivity contribution >= 4 is 10.8 Å². The lowest BCUT2D eigenvalue weighted by atomic mass is 10.0. The van der Waals surface area contributed by atoms with Crippen LogP contribution in [0.3, 0.4) is 0 Å². The second-order valence-electron chi connectivity index (χ2n) is 5.45. The Kier molecular flexibility index (Phi) is 5.98. The van der Waals surface area contributed by atoms with Crippen molar-refractivity contribution in [2.45, 2.75) is 63.4 Å². The first-order valence-corrected chi connectivity index (χ1v) is 7.95. The van der Waals surface area contributed by atoms with Crippen molar-refractivity contribution in [1.29, 1.82) is 0 Å². The maximum absolute atomic E-state index is 12.5. The zero-order valence-electron chi connectivity index (χ0n) is 10.9. The lowest BCUT2D eigenvalue weighted by Crippen LogP contribution is -2.36. The van der Waals surface area contributed by atoms with Gasteiger partial charge in [0, 0.05) is 21.3 Å². The Morgan fingerprint density at radius 2 is 1.81 bits per heavy atom. The molecule has 1 aliphatic rings. The molecule has 0 amide bonds. The molecule has 1 fully saturated rings. The molecule has 0 aliphatic heterocycles. The van der Waals surface area contributed by atoms with E-state index in [1.807, 2.05) is 0 Å². The van der Waals surface area contributed by atoms with Crippen LogP contribution in [0.15, 0.2) is 0 Å². The number of hydrogen-bond donors (Lipinski definition) is 1. The monoisotopic (exact) mass is 245 g/mol. The molecule has 16 heavy (non-hydrogen) atoms. The molecule has 3 heteroatoms. The quantitative estimate of drug-likeness (QED) is 0.774. The highest BCUT2D eigenvalue weighted by molar-refractivity contribution is 7.86. The average Bonchev–Trinajstić information content (AvgIpc) is 2.51. The first kappa shape index (κ1) is 14.2. The van der Waals surface area contributed by atoms with Crippen LogP contribution in [0.2, 0.25) is 0 Å². The van der Waals surface area contributed by atoms with Crippen LogP contribution < -0.4 is 5.73 Å². The molecule has 0 heterocycles. The van der Waals surface area contributed by atoms with Crippen LogP contribution in [0.1, 0.15) is 52.9 Å². The first-order valence-electron chi connectivity index (χ1n) is 6.67. The summed E-state index contributed by atoms with van der Waals surface area (Å²) in [6.45, 7) is 7.16. The molecule has 1 saturated carbocycles. The third-order valence-electron chi connectivity index (χ3n) is 4.00. The predicted molar refractivity (Wildman–Crippen MR) is 71.9 cm³/mol. The van der Waals surface area contributed by atoms with E-state index in [9.17, 15) is 4.21 Å². The summed E-state index contributed by atoms with van der Waals surface area (Å²) in [6.07, 6.45) is 6.09. The molecule has 0 saturated heterocycles. The van der Waals surface area contributed by atoms with Crippen molar-refractivity contribution < 1.29 is 4.21 Å². The largest absolute Gasteiger partial charge is 0.330 e. The van der Waals surface area contributed by atoms with Gasteiger partial charge >= 0.3 is 0 Å². The predicted octanol–water partition coefficient (Wildman–Crippen LogP) is 2.69.